The fourth-order valence-electron chi connectivity index (χ4n) is 1.33. The van der Waals surface area contributed by atoms with Gasteiger partial charge in [-0.15, -0.1) is 0 Å². The molecule has 0 saturated carbocycles. The van der Waals surface area contributed by atoms with E-state index in [9.17, 15) is 4.79 Å². The maximum Gasteiger partial charge on any atom is 0.339 e. The fourth-order valence-corrected chi connectivity index (χ4v) is 1.33. The molecule has 0 fully saturated rings. The minimum Gasteiger partial charge on any atom is -0.478 e. The van der Waals surface area contributed by atoms with E-state index in [1.807, 2.05) is 0 Å². The van der Waals surface area contributed by atoms with E-state index in [1.165, 1.54) is 12.6 Å². The summed E-state index contributed by atoms with van der Waals surface area (Å²) in [6.45, 7) is 1.62. The summed E-state index contributed by atoms with van der Waals surface area (Å²) < 4.78 is 5.11. The number of furan rings is 1. The molecule has 0 aliphatic heterocycles. The highest BCUT2D eigenvalue weighted by molar-refractivity contribution is 5.95. The van der Waals surface area contributed by atoms with Gasteiger partial charge in [0.05, 0.1) is 12.0 Å². The third-order valence-corrected chi connectivity index (χ3v) is 2.01. The van der Waals surface area contributed by atoms with Gasteiger partial charge in [-0.3, -0.25) is 0 Å². The number of hydrogen-bond acceptors (Lipinski definition) is 4. The van der Waals surface area contributed by atoms with Crippen LogP contribution in [0.15, 0.2) is 29.1 Å². The number of aryl methyl sites for hydroxylation is 1. The first kappa shape index (κ1) is 9.39. The van der Waals surface area contributed by atoms with Crippen molar-refractivity contribution in [1.82, 2.24) is 9.97 Å². The van der Waals surface area contributed by atoms with Crippen LogP contribution in [-0.4, -0.2) is 21.0 Å². The van der Waals surface area contributed by atoms with Crippen LogP contribution in [0, 0.1) is 6.92 Å². The Bertz CT molecular complexity index is 491. The number of hydrogen-bond donors (Lipinski definition) is 1. The first-order chi connectivity index (χ1) is 7.20. The molecule has 0 aromatic carbocycles. The molecule has 2 heterocycles. The first-order valence-corrected chi connectivity index (χ1v) is 4.29. The molecule has 76 valence electrons. The van der Waals surface area contributed by atoms with Crippen LogP contribution in [0.2, 0.25) is 0 Å². The maximum atomic E-state index is 11.0. The second-order valence-corrected chi connectivity index (χ2v) is 2.97. The summed E-state index contributed by atoms with van der Waals surface area (Å²) in [6, 6.07) is 3.34. The van der Waals surface area contributed by atoms with Gasteiger partial charge in [-0.25, -0.2) is 14.8 Å². The van der Waals surface area contributed by atoms with Crippen molar-refractivity contribution < 1.29 is 14.3 Å². The Labute approximate surface area is 85.4 Å². The van der Waals surface area contributed by atoms with Crippen LogP contribution in [0.5, 0.6) is 0 Å². The van der Waals surface area contributed by atoms with Gasteiger partial charge in [0.1, 0.15) is 17.6 Å². The van der Waals surface area contributed by atoms with Gasteiger partial charge in [-0.05, 0) is 19.1 Å². The number of carbonyl (C=O) groups is 1. The third kappa shape index (κ3) is 1.59. The number of nitrogens with zero attached hydrogens (tertiary/aromatic N) is 2. The standard InChI is InChI=1S/C10H8N2O3/c1-6-8(10(13)14)9(12-5-11-6)7-3-2-4-15-7/h2-5H,1H3,(H,13,14). The van der Waals surface area contributed by atoms with Crippen LogP contribution in [0.1, 0.15) is 16.1 Å². The normalized spacial score (nSPS) is 10.2. The Morgan fingerprint density at radius 1 is 1.47 bits per heavy atom. The molecule has 2 aromatic rings. The largest absolute Gasteiger partial charge is 0.478 e. The van der Waals surface area contributed by atoms with E-state index in [4.69, 9.17) is 9.52 Å². The van der Waals surface area contributed by atoms with Crippen molar-refractivity contribution in [2.24, 2.45) is 0 Å². The van der Waals surface area contributed by atoms with Gasteiger partial charge in [0, 0.05) is 0 Å². The molecule has 0 radical (unpaired) electrons. The summed E-state index contributed by atoms with van der Waals surface area (Å²) in [5.41, 5.74) is 0.802. The van der Waals surface area contributed by atoms with Crippen molar-refractivity contribution in [3.63, 3.8) is 0 Å². The molecule has 15 heavy (non-hydrogen) atoms. The van der Waals surface area contributed by atoms with Gasteiger partial charge >= 0.3 is 5.97 Å². The lowest BCUT2D eigenvalue weighted by Gasteiger charge is -2.03. The van der Waals surface area contributed by atoms with E-state index in [0.29, 0.717) is 17.1 Å². The zero-order valence-electron chi connectivity index (χ0n) is 7.97. The summed E-state index contributed by atoms with van der Waals surface area (Å²) in [7, 11) is 0. The molecule has 0 aliphatic rings. The lowest BCUT2D eigenvalue weighted by atomic mass is 10.1. The van der Waals surface area contributed by atoms with Gasteiger partial charge in [0.2, 0.25) is 0 Å². The van der Waals surface area contributed by atoms with E-state index in [-0.39, 0.29) is 5.56 Å². The molecule has 5 nitrogen and oxygen atoms in total. The summed E-state index contributed by atoms with van der Waals surface area (Å²) in [5.74, 6) is -0.627. The highest BCUT2D eigenvalue weighted by Gasteiger charge is 2.18. The Kier molecular flexibility index (Phi) is 2.21. The summed E-state index contributed by atoms with van der Waals surface area (Å²) in [6.07, 6.45) is 2.79. The SMILES string of the molecule is Cc1ncnc(-c2ccco2)c1C(=O)O. The molecule has 0 amide bonds. The monoisotopic (exact) mass is 204 g/mol. The first-order valence-electron chi connectivity index (χ1n) is 4.29. The van der Waals surface area contributed by atoms with Crippen LogP contribution in [0.25, 0.3) is 11.5 Å². The topological polar surface area (TPSA) is 76.2 Å². The van der Waals surface area contributed by atoms with E-state index >= 15 is 0 Å². The quantitative estimate of drug-likeness (QED) is 0.806. The van der Waals surface area contributed by atoms with Gasteiger partial charge in [0.15, 0.2) is 5.76 Å². The van der Waals surface area contributed by atoms with Crippen molar-refractivity contribution in [2.75, 3.05) is 0 Å². The predicted octanol–water partition coefficient (Wildman–Crippen LogP) is 1.74. The highest BCUT2D eigenvalue weighted by atomic mass is 16.4. The van der Waals surface area contributed by atoms with Crippen LogP contribution >= 0.6 is 0 Å². The molecule has 1 N–H and O–H groups in total. The van der Waals surface area contributed by atoms with Gasteiger partial charge in [-0.1, -0.05) is 0 Å². The van der Waals surface area contributed by atoms with Crippen molar-refractivity contribution in [3.8, 4) is 11.5 Å². The van der Waals surface area contributed by atoms with Crippen molar-refractivity contribution in [3.05, 3.63) is 36.0 Å². The van der Waals surface area contributed by atoms with Gasteiger partial charge in [-0.2, -0.15) is 0 Å². The third-order valence-electron chi connectivity index (χ3n) is 2.01. The van der Waals surface area contributed by atoms with Crippen LogP contribution < -0.4 is 0 Å². The Balaban J connectivity index is 2.66. The molecular weight excluding hydrogens is 196 g/mol. The molecule has 0 atom stereocenters. The number of aromatic carboxylic acids is 1. The highest BCUT2D eigenvalue weighted by Crippen LogP contribution is 2.22. The second kappa shape index (κ2) is 3.53. The molecule has 0 unspecified atom stereocenters. The fraction of sp³-hybridized carbons (Fsp3) is 0.100. The van der Waals surface area contributed by atoms with Crippen molar-refractivity contribution >= 4 is 5.97 Å². The molecule has 5 heteroatoms. The minimum absolute atomic E-state index is 0.0763. The minimum atomic E-state index is -1.06. The van der Waals surface area contributed by atoms with E-state index in [1.54, 1.807) is 19.1 Å². The summed E-state index contributed by atoms with van der Waals surface area (Å²) >= 11 is 0. The maximum absolute atomic E-state index is 11.0. The average Bonchev–Trinajstić information content (AvgIpc) is 2.69. The van der Waals surface area contributed by atoms with Gasteiger partial charge < -0.3 is 9.52 Å². The number of rotatable bonds is 2. The molecule has 0 spiro atoms. The Morgan fingerprint density at radius 3 is 2.87 bits per heavy atom. The van der Waals surface area contributed by atoms with Crippen molar-refractivity contribution in [2.45, 2.75) is 6.92 Å². The zero-order valence-corrected chi connectivity index (χ0v) is 7.97. The van der Waals surface area contributed by atoms with Crippen molar-refractivity contribution in [1.29, 1.82) is 0 Å². The lowest BCUT2D eigenvalue weighted by Crippen LogP contribution is -2.06. The van der Waals surface area contributed by atoms with Crippen LogP contribution in [-0.2, 0) is 0 Å². The van der Waals surface area contributed by atoms with E-state index in [2.05, 4.69) is 9.97 Å². The molecule has 2 aromatic heterocycles. The van der Waals surface area contributed by atoms with Gasteiger partial charge in [0.25, 0.3) is 0 Å². The average molecular weight is 204 g/mol. The Hall–Kier alpha value is -2.17. The van der Waals surface area contributed by atoms with Crippen LogP contribution in [0.4, 0.5) is 0 Å². The number of carboxylic acid groups (broad SMARTS) is 1. The van der Waals surface area contributed by atoms with E-state index < -0.39 is 5.97 Å². The van der Waals surface area contributed by atoms with E-state index in [0.717, 1.165) is 0 Å². The van der Waals surface area contributed by atoms with Crippen LogP contribution in [0.3, 0.4) is 0 Å². The number of aromatic nitrogens is 2. The second-order valence-electron chi connectivity index (χ2n) is 2.97. The summed E-state index contributed by atoms with van der Waals surface area (Å²) in [5, 5.41) is 9.02. The smallest absolute Gasteiger partial charge is 0.339 e. The molecular formula is C10H8N2O3. The molecule has 0 aliphatic carbocycles. The lowest BCUT2D eigenvalue weighted by molar-refractivity contribution is 0.0695. The number of carboxylic acids is 1. The predicted molar refractivity (Wildman–Crippen MR) is 51.4 cm³/mol. The zero-order chi connectivity index (χ0) is 10.8. The molecule has 0 bridgehead atoms. The summed E-state index contributed by atoms with van der Waals surface area (Å²) in [4.78, 5) is 18.8. The molecule has 0 saturated heterocycles. The molecule has 2 rings (SSSR count). The Morgan fingerprint density at radius 2 is 2.27 bits per heavy atom.